The zero-order chi connectivity index (χ0) is 13.8. The number of phenolic OH excluding ortho intramolecular Hbond substituents is 2. The van der Waals surface area contributed by atoms with E-state index >= 15 is 0 Å². The first-order chi connectivity index (χ1) is 9.13. The molecular formula is C14H18ClNO3. The molecule has 0 saturated carbocycles. The van der Waals surface area contributed by atoms with E-state index in [1.165, 1.54) is 18.2 Å². The van der Waals surface area contributed by atoms with Crippen LogP contribution in [0.1, 0.15) is 29.6 Å². The van der Waals surface area contributed by atoms with Gasteiger partial charge in [0.2, 0.25) is 0 Å². The lowest BCUT2D eigenvalue weighted by Crippen LogP contribution is -2.40. The topological polar surface area (TPSA) is 60.8 Å². The Morgan fingerprint density at radius 3 is 2.68 bits per heavy atom. The fraction of sp³-hybridized carbons (Fsp3) is 0.500. The van der Waals surface area contributed by atoms with Crippen molar-refractivity contribution in [3.05, 3.63) is 23.8 Å². The Morgan fingerprint density at radius 1 is 1.37 bits per heavy atom. The first-order valence-corrected chi connectivity index (χ1v) is 7.03. The van der Waals surface area contributed by atoms with Crippen LogP contribution in [-0.2, 0) is 0 Å². The molecule has 1 saturated heterocycles. The first kappa shape index (κ1) is 14.0. The van der Waals surface area contributed by atoms with Crippen molar-refractivity contribution in [3.8, 4) is 11.5 Å². The summed E-state index contributed by atoms with van der Waals surface area (Å²) in [6.45, 7) is 1.30. The van der Waals surface area contributed by atoms with Crippen LogP contribution in [0, 0.1) is 5.92 Å². The van der Waals surface area contributed by atoms with Crippen molar-refractivity contribution in [2.75, 3.05) is 19.0 Å². The molecule has 1 aliphatic rings. The summed E-state index contributed by atoms with van der Waals surface area (Å²) < 4.78 is 0. The van der Waals surface area contributed by atoms with E-state index in [1.807, 2.05) is 0 Å². The van der Waals surface area contributed by atoms with Gasteiger partial charge in [0.05, 0.1) is 0 Å². The Kier molecular flexibility index (Phi) is 4.53. The molecule has 4 nitrogen and oxygen atoms in total. The van der Waals surface area contributed by atoms with Crippen LogP contribution in [0.2, 0.25) is 0 Å². The summed E-state index contributed by atoms with van der Waals surface area (Å²) in [6, 6.07) is 4.33. The molecule has 1 aromatic rings. The van der Waals surface area contributed by atoms with Gasteiger partial charge in [-0.1, -0.05) is 6.07 Å². The minimum Gasteiger partial charge on any atom is -0.507 e. The van der Waals surface area contributed by atoms with Gasteiger partial charge in [-0.15, -0.1) is 11.6 Å². The van der Waals surface area contributed by atoms with Crippen molar-refractivity contribution in [1.82, 2.24) is 4.90 Å². The molecule has 104 valence electrons. The fourth-order valence-electron chi connectivity index (χ4n) is 2.54. The molecule has 1 unspecified atom stereocenters. The molecule has 2 N–H and O–H groups in total. The smallest absolute Gasteiger partial charge is 0.261 e. The van der Waals surface area contributed by atoms with Gasteiger partial charge in [-0.05, 0) is 37.3 Å². The molecule has 0 spiro atoms. The second-order valence-corrected chi connectivity index (χ2v) is 5.29. The van der Waals surface area contributed by atoms with Gasteiger partial charge in [-0.2, -0.15) is 0 Å². The number of hydrogen-bond acceptors (Lipinski definition) is 3. The number of likely N-dealkylation sites (tertiary alicyclic amines) is 1. The molecule has 0 bridgehead atoms. The lowest BCUT2D eigenvalue weighted by Gasteiger charge is -2.32. The number of rotatable bonds is 3. The Balaban J connectivity index is 2.15. The Hall–Kier alpha value is -1.42. The number of alkyl halides is 1. The number of aromatic hydroxyl groups is 2. The third-order valence-corrected chi connectivity index (χ3v) is 3.78. The second kappa shape index (κ2) is 6.15. The van der Waals surface area contributed by atoms with E-state index in [9.17, 15) is 15.0 Å². The van der Waals surface area contributed by atoms with Crippen LogP contribution in [0.5, 0.6) is 11.5 Å². The van der Waals surface area contributed by atoms with Gasteiger partial charge in [0, 0.05) is 19.0 Å². The number of benzene rings is 1. The first-order valence-electron chi connectivity index (χ1n) is 6.49. The highest BCUT2D eigenvalue weighted by Crippen LogP contribution is 2.30. The van der Waals surface area contributed by atoms with Crippen molar-refractivity contribution in [1.29, 1.82) is 0 Å². The number of carbonyl (C=O) groups is 1. The third kappa shape index (κ3) is 3.13. The van der Waals surface area contributed by atoms with E-state index in [-0.39, 0.29) is 23.0 Å². The average Bonchev–Trinajstić information content (AvgIpc) is 2.39. The average molecular weight is 284 g/mol. The predicted molar refractivity (Wildman–Crippen MR) is 73.7 cm³/mol. The highest BCUT2D eigenvalue weighted by molar-refractivity contribution is 6.17. The predicted octanol–water partition coefficient (Wildman–Crippen LogP) is 2.58. The number of phenols is 2. The summed E-state index contributed by atoms with van der Waals surface area (Å²) in [5.41, 5.74) is -0.00553. The number of piperidine rings is 1. The fourth-order valence-corrected chi connectivity index (χ4v) is 2.85. The highest BCUT2D eigenvalue weighted by Gasteiger charge is 2.27. The Labute approximate surface area is 117 Å². The largest absolute Gasteiger partial charge is 0.507 e. The van der Waals surface area contributed by atoms with Crippen molar-refractivity contribution in [3.63, 3.8) is 0 Å². The molecule has 1 fully saturated rings. The van der Waals surface area contributed by atoms with E-state index in [0.717, 1.165) is 19.3 Å². The van der Waals surface area contributed by atoms with Crippen molar-refractivity contribution in [2.24, 2.45) is 5.92 Å². The van der Waals surface area contributed by atoms with E-state index < -0.39 is 0 Å². The van der Waals surface area contributed by atoms with Gasteiger partial charge < -0.3 is 15.1 Å². The van der Waals surface area contributed by atoms with Crippen molar-refractivity contribution in [2.45, 2.75) is 19.3 Å². The summed E-state index contributed by atoms with van der Waals surface area (Å²) in [5, 5.41) is 19.5. The van der Waals surface area contributed by atoms with Crippen molar-refractivity contribution < 1.29 is 15.0 Å². The number of hydrogen-bond donors (Lipinski definition) is 2. The monoisotopic (exact) mass is 283 g/mol. The zero-order valence-electron chi connectivity index (χ0n) is 10.7. The lowest BCUT2D eigenvalue weighted by molar-refractivity contribution is 0.0665. The summed E-state index contributed by atoms with van der Waals surface area (Å²) in [4.78, 5) is 14.1. The summed E-state index contributed by atoms with van der Waals surface area (Å²) >= 11 is 5.75. The van der Waals surface area contributed by atoms with Crippen LogP contribution in [0.3, 0.4) is 0 Å². The van der Waals surface area contributed by atoms with Crippen LogP contribution < -0.4 is 0 Å². The standard InChI is InChI=1S/C14H18ClNO3/c15-7-6-10-3-2-8-16(9-10)14(19)13-11(17)4-1-5-12(13)18/h1,4-5,10,17-18H,2-3,6-9H2. The van der Waals surface area contributed by atoms with Gasteiger partial charge in [0.25, 0.3) is 5.91 Å². The molecule has 1 atom stereocenters. The number of halogens is 1. The molecule has 1 heterocycles. The van der Waals surface area contributed by atoms with E-state index in [4.69, 9.17) is 11.6 Å². The SMILES string of the molecule is O=C(c1c(O)cccc1O)N1CCCC(CCCl)C1. The molecule has 0 aliphatic carbocycles. The van der Waals surface area contributed by atoms with Gasteiger partial charge in [-0.3, -0.25) is 4.79 Å². The summed E-state index contributed by atoms with van der Waals surface area (Å²) in [5.74, 6) is 0.334. The molecule has 1 aromatic carbocycles. The van der Waals surface area contributed by atoms with E-state index in [2.05, 4.69) is 0 Å². The minimum absolute atomic E-state index is 0.00553. The van der Waals surface area contributed by atoms with Crippen LogP contribution in [0.25, 0.3) is 0 Å². The molecule has 1 amide bonds. The second-order valence-electron chi connectivity index (χ2n) is 4.91. The normalized spacial score (nSPS) is 19.4. The number of amides is 1. The number of carbonyl (C=O) groups excluding carboxylic acids is 1. The minimum atomic E-state index is -0.310. The third-order valence-electron chi connectivity index (χ3n) is 3.56. The molecule has 19 heavy (non-hydrogen) atoms. The lowest BCUT2D eigenvalue weighted by atomic mass is 9.95. The quantitative estimate of drug-likeness (QED) is 0.838. The molecular weight excluding hydrogens is 266 g/mol. The molecule has 2 rings (SSSR count). The maximum Gasteiger partial charge on any atom is 0.261 e. The Bertz CT molecular complexity index is 442. The van der Waals surface area contributed by atoms with E-state index in [0.29, 0.717) is 24.9 Å². The maximum absolute atomic E-state index is 12.4. The number of nitrogens with zero attached hydrogens (tertiary/aromatic N) is 1. The van der Waals surface area contributed by atoms with Crippen LogP contribution >= 0.6 is 11.6 Å². The van der Waals surface area contributed by atoms with Crippen LogP contribution in [-0.4, -0.2) is 40.0 Å². The van der Waals surface area contributed by atoms with Crippen molar-refractivity contribution >= 4 is 17.5 Å². The van der Waals surface area contributed by atoms with Gasteiger partial charge >= 0.3 is 0 Å². The zero-order valence-corrected chi connectivity index (χ0v) is 11.4. The van der Waals surface area contributed by atoms with Crippen LogP contribution in [0.4, 0.5) is 0 Å². The molecule has 0 aromatic heterocycles. The maximum atomic E-state index is 12.4. The Morgan fingerprint density at radius 2 is 2.05 bits per heavy atom. The van der Waals surface area contributed by atoms with E-state index in [1.54, 1.807) is 4.90 Å². The molecule has 5 heteroatoms. The molecule has 0 radical (unpaired) electrons. The van der Waals surface area contributed by atoms with Gasteiger partial charge in [0.1, 0.15) is 17.1 Å². The van der Waals surface area contributed by atoms with Gasteiger partial charge in [-0.25, -0.2) is 0 Å². The highest BCUT2D eigenvalue weighted by atomic mass is 35.5. The summed E-state index contributed by atoms with van der Waals surface area (Å²) in [6.07, 6.45) is 2.89. The van der Waals surface area contributed by atoms with Crippen LogP contribution in [0.15, 0.2) is 18.2 Å². The molecule has 1 aliphatic heterocycles. The van der Waals surface area contributed by atoms with Gasteiger partial charge in [0.15, 0.2) is 0 Å². The summed E-state index contributed by atoms with van der Waals surface area (Å²) in [7, 11) is 0.